The van der Waals surface area contributed by atoms with Crippen molar-refractivity contribution in [1.29, 1.82) is 0 Å². The Morgan fingerprint density at radius 3 is 2.44 bits per heavy atom. The Morgan fingerprint density at radius 1 is 1.38 bits per heavy atom. The molecule has 3 heteroatoms. The zero-order chi connectivity index (χ0) is 11.5. The Balaban J connectivity index is 2.07. The minimum atomic E-state index is 0.119. The number of hydrogen-bond donors (Lipinski definition) is 1. The molecule has 86 valence electrons. The van der Waals surface area contributed by atoms with Gasteiger partial charge in [-0.05, 0) is 37.0 Å². The van der Waals surface area contributed by atoms with Crippen molar-refractivity contribution in [2.45, 2.75) is 31.8 Å². The quantitative estimate of drug-likeness (QED) is 0.840. The average molecular weight is 218 g/mol. The molecular formula is C13H18N2O. The van der Waals surface area contributed by atoms with E-state index in [1.807, 2.05) is 36.2 Å². The van der Waals surface area contributed by atoms with Gasteiger partial charge in [0.25, 0.3) is 5.91 Å². The maximum Gasteiger partial charge on any atom is 0.253 e. The van der Waals surface area contributed by atoms with Crippen molar-refractivity contribution in [2.75, 3.05) is 7.05 Å². The lowest BCUT2D eigenvalue weighted by atomic mass is 9.91. The molecule has 0 spiro atoms. The van der Waals surface area contributed by atoms with Crippen LogP contribution in [0, 0.1) is 0 Å². The van der Waals surface area contributed by atoms with E-state index in [4.69, 9.17) is 5.73 Å². The zero-order valence-electron chi connectivity index (χ0n) is 9.65. The molecule has 1 fully saturated rings. The second-order valence-electron chi connectivity index (χ2n) is 4.40. The fraction of sp³-hybridized carbons (Fsp3) is 0.462. The van der Waals surface area contributed by atoms with Gasteiger partial charge in [0.05, 0.1) is 0 Å². The maximum atomic E-state index is 12.1. The van der Waals surface area contributed by atoms with E-state index >= 15 is 0 Å². The number of nitrogens with zero attached hydrogens (tertiary/aromatic N) is 1. The number of hydrogen-bond acceptors (Lipinski definition) is 2. The van der Waals surface area contributed by atoms with Crippen LogP contribution in [0.5, 0.6) is 0 Å². The lowest BCUT2D eigenvalue weighted by Crippen LogP contribution is -2.41. The van der Waals surface area contributed by atoms with Gasteiger partial charge in [-0.15, -0.1) is 0 Å². The first-order valence-corrected chi connectivity index (χ1v) is 5.78. The van der Waals surface area contributed by atoms with Gasteiger partial charge in [-0.25, -0.2) is 0 Å². The summed E-state index contributed by atoms with van der Waals surface area (Å²) in [6.07, 6.45) is 3.53. The van der Waals surface area contributed by atoms with E-state index in [9.17, 15) is 4.79 Å². The first-order chi connectivity index (χ1) is 7.72. The molecule has 0 bridgehead atoms. The van der Waals surface area contributed by atoms with Crippen molar-refractivity contribution in [1.82, 2.24) is 4.90 Å². The number of carbonyl (C=O) groups excluding carboxylic acids is 1. The zero-order valence-corrected chi connectivity index (χ0v) is 9.65. The predicted octanol–water partition coefficient (Wildman–Crippen LogP) is 1.77. The molecule has 1 aromatic rings. The van der Waals surface area contributed by atoms with Gasteiger partial charge in [-0.1, -0.05) is 12.1 Å². The molecule has 1 aliphatic carbocycles. The highest BCUT2D eigenvalue weighted by molar-refractivity contribution is 5.94. The predicted molar refractivity (Wildman–Crippen MR) is 64.1 cm³/mol. The standard InChI is InChI=1S/C13H18N2O/c1-15(12-3-2-4-12)13(16)11-7-5-10(9-14)6-8-11/h5-8,12H,2-4,9,14H2,1H3. The summed E-state index contributed by atoms with van der Waals surface area (Å²) < 4.78 is 0. The highest BCUT2D eigenvalue weighted by Crippen LogP contribution is 2.24. The van der Waals surface area contributed by atoms with Crippen LogP contribution in [0.3, 0.4) is 0 Å². The van der Waals surface area contributed by atoms with Crippen molar-refractivity contribution >= 4 is 5.91 Å². The molecule has 1 amide bonds. The lowest BCUT2D eigenvalue weighted by Gasteiger charge is -2.34. The van der Waals surface area contributed by atoms with Crippen molar-refractivity contribution < 1.29 is 4.79 Å². The second kappa shape index (κ2) is 4.66. The highest BCUT2D eigenvalue weighted by atomic mass is 16.2. The van der Waals surface area contributed by atoms with Crippen molar-refractivity contribution in [3.8, 4) is 0 Å². The third kappa shape index (κ3) is 2.09. The van der Waals surface area contributed by atoms with E-state index in [1.165, 1.54) is 6.42 Å². The van der Waals surface area contributed by atoms with Crippen LogP contribution in [0.1, 0.15) is 35.2 Å². The topological polar surface area (TPSA) is 46.3 Å². The first-order valence-electron chi connectivity index (χ1n) is 5.78. The Kier molecular flexibility index (Phi) is 3.25. The Hall–Kier alpha value is -1.35. The number of amides is 1. The number of rotatable bonds is 3. The van der Waals surface area contributed by atoms with E-state index in [0.717, 1.165) is 24.0 Å². The van der Waals surface area contributed by atoms with Crippen LogP contribution in [0.15, 0.2) is 24.3 Å². The molecule has 2 N–H and O–H groups in total. The summed E-state index contributed by atoms with van der Waals surface area (Å²) in [6, 6.07) is 8.00. The minimum Gasteiger partial charge on any atom is -0.339 e. The molecule has 1 aliphatic rings. The van der Waals surface area contributed by atoms with E-state index in [2.05, 4.69) is 0 Å². The van der Waals surface area contributed by atoms with Gasteiger partial charge in [0, 0.05) is 25.2 Å². The van der Waals surface area contributed by atoms with Gasteiger partial charge in [-0.2, -0.15) is 0 Å². The average Bonchev–Trinajstić information content (AvgIpc) is 2.26. The first kappa shape index (κ1) is 11.1. The van der Waals surface area contributed by atoms with Crippen LogP contribution in [-0.4, -0.2) is 23.9 Å². The van der Waals surface area contributed by atoms with E-state index in [0.29, 0.717) is 12.6 Å². The molecule has 0 aromatic heterocycles. The molecular weight excluding hydrogens is 200 g/mol. The summed E-state index contributed by atoms with van der Waals surface area (Å²) >= 11 is 0. The fourth-order valence-electron chi connectivity index (χ4n) is 1.93. The van der Waals surface area contributed by atoms with E-state index < -0.39 is 0 Å². The van der Waals surface area contributed by atoms with Crippen molar-refractivity contribution in [3.63, 3.8) is 0 Å². The number of benzene rings is 1. The summed E-state index contributed by atoms with van der Waals surface area (Å²) in [6.45, 7) is 0.521. The summed E-state index contributed by atoms with van der Waals surface area (Å²) in [5.41, 5.74) is 7.33. The Morgan fingerprint density at radius 2 is 2.00 bits per heavy atom. The van der Waals surface area contributed by atoms with E-state index in [1.54, 1.807) is 0 Å². The van der Waals surface area contributed by atoms with Crippen LogP contribution >= 0.6 is 0 Å². The normalized spacial score (nSPS) is 15.6. The lowest BCUT2D eigenvalue weighted by molar-refractivity contribution is 0.0652. The number of nitrogens with two attached hydrogens (primary N) is 1. The third-order valence-electron chi connectivity index (χ3n) is 3.38. The van der Waals surface area contributed by atoms with E-state index in [-0.39, 0.29) is 5.91 Å². The monoisotopic (exact) mass is 218 g/mol. The highest BCUT2D eigenvalue weighted by Gasteiger charge is 2.26. The largest absolute Gasteiger partial charge is 0.339 e. The van der Waals surface area contributed by atoms with Crippen LogP contribution in [0.25, 0.3) is 0 Å². The molecule has 0 atom stereocenters. The molecule has 0 saturated heterocycles. The molecule has 0 aliphatic heterocycles. The maximum absolute atomic E-state index is 12.1. The summed E-state index contributed by atoms with van der Waals surface area (Å²) in [5, 5.41) is 0. The SMILES string of the molecule is CN(C(=O)c1ccc(CN)cc1)C1CCC1. The van der Waals surface area contributed by atoms with Gasteiger partial charge in [0.15, 0.2) is 0 Å². The van der Waals surface area contributed by atoms with Gasteiger partial charge in [0.2, 0.25) is 0 Å². The van der Waals surface area contributed by atoms with Crippen LogP contribution < -0.4 is 5.73 Å². The minimum absolute atomic E-state index is 0.119. The molecule has 0 heterocycles. The van der Waals surface area contributed by atoms with Crippen LogP contribution in [-0.2, 0) is 6.54 Å². The molecule has 1 saturated carbocycles. The molecule has 16 heavy (non-hydrogen) atoms. The molecule has 0 unspecified atom stereocenters. The third-order valence-corrected chi connectivity index (χ3v) is 3.38. The second-order valence-corrected chi connectivity index (χ2v) is 4.40. The van der Waals surface area contributed by atoms with Crippen molar-refractivity contribution in [2.24, 2.45) is 5.73 Å². The summed E-state index contributed by atoms with van der Waals surface area (Å²) in [5.74, 6) is 0.119. The molecule has 0 radical (unpaired) electrons. The number of carbonyl (C=O) groups is 1. The smallest absolute Gasteiger partial charge is 0.253 e. The Bertz CT molecular complexity index is 368. The molecule has 1 aromatic carbocycles. The van der Waals surface area contributed by atoms with Crippen LogP contribution in [0.2, 0.25) is 0 Å². The van der Waals surface area contributed by atoms with Gasteiger partial charge < -0.3 is 10.6 Å². The fourth-order valence-corrected chi connectivity index (χ4v) is 1.93. The molecule has 3 nitrogen and oxygen atoms in total. The van der Waals surface area contributed by atoms with Gasteiger partial charge in [-0.3, -0.25) is 4.79 Å². The van der Waals surface area contributed by atoms with Crippen LogP contribution in [0.4, 0.5) is 0 Å². The summed E-state index contributed by atoms with van der Waals surface area (Å²) in [7, 11) is 1.89. The van der Waals surface area contributed by atoms with Gasteiger partial charge in [0.1, 0.15) is 0 Å². The summed E-state index contributed by atoms with van der Waals surface area (Å²) in [4.78, 5) is 13.9. The Labute approximate surface area is 96.2 Å². The van der Waals surface area contributed by atoms with Crippen molar-refractivity contribution in [3.05, 3.63) is 35.4 Å². The molecule has 2 rings (SSSR count). The van der Waals surface area contributed by atoms with Gasteiger partial charge >= 0.3 is 0 Å².